The molecule has 0 N–H and O–H groups in total. The minimum atomic E-state index is 0.778. The third-order valence-electron chi connectivity index (χ3n) is 1.26. The van der Waals surface area contributed by atoms with Crippen LogP contribution < -0.4 is 0 Å². The Morgan fingerprint density at radius 1 is 1.36 bits per heavy atom. The third kappa shape index (κ3) is 2.72. The summed E-state index contributed by atoms with van der Waals surface area (Å²) < 4.78 is 1.99. The molecule has 0 bridgehead atoms. The van der Waals surface area contributed by atoms with Crippen molar-refractivity contribution in [3.8, 4) is 0 Å². The Balaban J connectivity index is 2.97. The Labute approximate surface area is 71.9 Å². The van der Waals surface area contributed by atoms with Gasteiger partial charge >= 0.3 is 0 Å². The van der Waals surface area contributed by atoms with Crippen LogP contribution in [-0.2, 0) is 0 Å². The van der Waals surface area contributed by atoms with E-state index in [4.69, 9.17) is 11.6 Å². The highest BCUT2D eigenvalue weighted by Gasteiger charge is 1.92. The summed E-state index contributed by atoms with van der Waals surface area (Å²) in [6.45, 7) is 0. The van der Waals surface area contributed by atoms with Crippen molar-refractivity contribution in [2.45, 2.75) is 0 Å². The molecule has 1 rings (SSSR count). The molecule has 0 aliphatic carbocycles. The van der Waals surface area contributed by atoms with Crippen molar-refractivity contribution < 1.29 is 4.58 Å². The van der Waals surface area contributed by atoms with Crippen molar-refractivity contribution in [3.63, 3.8) is 0 Å². The molecule has 0 radical (unpaired) electrons. The number of benzene rings is 1. The van der Waals surface area contributed by atoms with Crippen LogP contribution in [0, 0.1) is 0 Å². The zero-order valence-electron chi connectivity index (χ0n) is 6.71. The minimum Gasteiger partial charge on any atom is -0.241 e. The summed E-state index contributed by atoms with van der Waals surface area (Å²) in [5, 5.41) is 0.778. The van der Waals surface area contributed by atoms with E-state index in [1.807, 2.05) is 49.2 Å². The Hall–Kier alpha value is -0.820. The fraction of sp³-hybridized carbons (Fsp3) is 0.222. The van der Waals surface area contributed by atoms with Gasteiger partial charge in [-0.15, -0.1) is 0 Å². The summed E-state index contributed by atoms with van der Waals surface area (Å²) in [6, 6.07) is 7.76. The Bertz CT molecular complexity index is 275. The van der Waals surface area contributed by atoms with Crippen LogP contribution >= 0.6 is 11.6 Å². The largest absolute Gasteiger partial charge is 0.241 e. The quantitative estimate of drug-likeness (QED) is 0.446. The van der Waals surface area contributed by atoms with Crippen LogP contribution in [0.15, 0.2) is 24.3 Å². The predicted molar refractivity (Wildman–Crippen MR) is 48.7 cm³/mol. The highest BCUT2D eigenvalue weighted by molar-refractivity contribution is 6.30. The summed E-state index contributed by atoms with van der Waals surface area (Å²) >= 11 is 5.79. The maximum Gasteiger partial charge on any atom is 0.170 e. The molecule has 0 saturated carbocycles. The molecule has 0 unspecified atom stereocenters. The van der Waals surface area contributed by atoms with Crippen LogP contribution in [0.2, 0.25) is 5.02 Å². The molecule has 0 atom stereocenters. The van der Waals surface area contributed by atoms with Crippen LogP contribution in [0.4, 0.5) is 0 Å². The number of hydrogen-bond acceptors (Lipinski definition) is 0. The lowest BCUT2D eigenvalue weighted by molar-refractivity contribution is -0.458. The van der Waals surface area contributed by atoms with Gasteiger partial charge in [0.2, 0.25) is 0 Å². The second-order valence-electron chi connectivity index (χ2n) is 2.65. The van der Waals surface area contributed by atoms with Crippen molar-refractivity contribution in [2.75, 3.05) is 14.1 Å². The molecule has 1 aromatic carbocycles. The molecule has 0 aliphatic rings. The lowest BCUT2D eigenvalue weighted by Crippen LogP contribution is -1.99. The molecule has 0 heterocycles. The SMILES string of the molecule is C[N+](C)=Cc1cccc(Cl)c1. The highest BCUT2D eigenvalue weighted by Crippen LogP contribution is 2.08. The van der Waals surface area contributed by atoms with Crippen LogP contribution in [0.5, 0.6) is 0 Å². The number of nitrogens with zero attached hydrogens (tertiary/aromatic N) is 1. The Morgan fingerprint density at radius 2 is 2.09 bits per heavy atom. The van der Waals surface area contributed by atoms with Crippen LogP contribution in [0.1, 0.15) is 5.56 Å². The van der Waals surface area contributed by atoms with Gasteiger partial charge in [0.15, 0.2) is 6.21 Å². The van der Waals surface area contributed by atoms with E-state index in [0.717, 1.165) is 10.6 Å². The van der Waals surface area contributed by atoms with Gasteiger partial charge in [0.05, 0.1) is 0 Å². The number of halogens is 1. The lowest BCUT2D eigenvalue weighted by atomic mass is 10.2. The van der Waals surface area contributed by atoms with Gasteiger partial charge in [0.1, 0.15) is 14.1 Å². The molecule has 0 fully saturated rings. The van der Waals surface area contributed by atoms with E-state index in [1.54, 1.807) is 0 Å². The lowest BCUT2D eigenvalue weighted by Gasteiger charge is -1.91. The zero-order chi connectivity index (χ0) is 8.27. The van der Waals surface area contributed by atoms with Crippen LogP contribution in [0.3, 0.4) is 0 Å². The fourth-order valence-electron chi connectivity index (χ4n) is 0.885. The standard InChI is InChI=1S/C9H11ClN/c1-11(2)7-8-4-3-5-9(10)6-8/h3-7H,1-2H3/q+1. The van der Waals surface area contributed by atoms with Gasteiger partial charge in [-0.1, -0.05) is 17.7 Å². The summed E-state index contributed by atoms with van der Waals surface area (Å²) in [4.78, 5) is 0. The molecule has 1 aromatic rings. The Morgan fingerprint density at radius 3 is 2.64 bits per heavy atom. The van der Waals surface area contributed by atoms with Gasteiger partial charge < -0.3 is 0 Å². The molecular weight excluding hydrogens is 158 g/mol. The normalized spacial score (nSPS) is 9.36. The molecule has 0 spiro atoms. The van der Waals surface area contributed by atoms with E-state index in [9.17, 15) is 0 Å². The minimum absolute atomic E-state index is 0.778. The first-order chi connectivity index (χ1) is 5.18. The van der Waals surface area contributed by atoms with Gasteiger partial charge in [-0.3, -0.25) is 0 Å². The van der Waals surface area contributed by atoms with E-state index >= 15 is 0 Å². The topological polar surface area (TPSA) is 3.01 Å². The van der Waals surface area contributed by atoms with Gasteiger partial charge in [-0.25, -0.2) is 4.58 Å². The molecule has 1 nitrogen and oxygen atoms in total. The summed E-state index contributed by atoms with van der Waals surface area (Å²) in [5.74, 6) is 0. The van der Waals surface area contributed by atoms with Crippen molar-refractivity contribution >= 4 is 17.8 Å². The second-order valence-corrected chi connectivity index (χ2v) is 3.08. The molecule has 0 aliphatic heterocycles. The average Bonchev–Trinajstić information content (AvgIpc) is 1.85. The second kappa shape index (κ2) is 3.54. The highest BCUT2D eigenvalue weighted by atomic mass is 35.5. The summed E-state index contributed by atoms with van der Waals surface area (Å²) in [7, 11) is 3.97. The maximum absolute atomic E-state index is 5.79. The maximum atomic E-state index is 5.79. The monoisotopic (exact) mass is 168 g/mol. The number of rotatable bonds is 1. The van der Waals surface area contributed by atoms with E-state index < -0.39 is 0 Å². The number of hydrogen-bond donors (Lipinski definition) is 0. The molecule has 58 valence electrons. The predicted octanol–water partition coefficient (Wildman–Crippen LogP) is 2.03. The zero-order valence-corrected chi connectivity index (χ0v) is 7.47. The summed E-state index contributed by atoms with van der Waals surface area (Å²) in [5.41, 5.74) is 1.13. The molecule has 0 saturated heterocycles. The van der Waals surface area contributed by atoms with E-state index in [1.165, 1.54) is 0 Å². The van der Waals surface area contributed by atoms with Gasteiger partial charge in [-0.2, -0.15) is 0 Å². The van der Waals surface area contributed by atoms with Gasteiger partial charge in [-0.05, 0) is 18.2 Å². The van der Waals surface area contributed by atoms with E-state index in [-0.39, 0.29) is 0 Å². The summed E-state index contributed by atoms with van der Waals surface area (Å²) in [6.07, 6.45) is 2.02. The van der Waals surface area contributed by atoms with Crippen LogP contribution in [-0.4, -0.2) is 24.9 Å². The molecule has 2 heteroatoms. The van der Waals surface area contributed by atoms with Crippen molar-refractivity contribution in [1.82, 2.24) is 0 Å². The fourth-order valence-corrected chi connectivity index (χ4v) is 1.08. The van der Waals surface area contributed by atoms with Gasteiger partial charge in [0, 0.05) is 10.6 Å². The first-order valence-corrected chi connectivity index (χ1v) is 3.83. The molecule has 11 heavy (non-hydrogen) atoms. The Kier molecular flexibility index (Phi) is 2.66. The third-order valence-corrected chi connectivity index (χ3v) is 1.49. The van der Waals surface area contributed by atoms with Crippen molar-refractivity contribution in [3.05, 3.63) is 34.9 Å². The molecule has 0 amide bonds. The smallest absolute Gasteiger partial charge is 0.170 e. The van der Waals surface area contributed by atoms with Crippen LogP contribution in [0.25, 0.3) is 0 Å². The van der Waals surface area contributed by atoms with Gasteiger partial charge in [0.25, 0.3) is 0 Å². The first-order valence-electron chi connectivity index (χ1n) is 3.45. The van der Waals surface area contributed by atoms with Crippen molar-refractivity contribution in [1.29, 1.82) is 0 Å². The molecular formula is C9H11ClN+. The van der Waals surface area contributed by atoms with E-state index in [0.29, 0.717) is 0 Å². The van der Waals surface area contributed by atoms with E-state index in [2.05, 4.69) is 0 Å². The van der Waals surface area contributed by atoms with Crippen molar-refractivity contribution in [2.24, 2.45) is 0 Å². The first kappa shape index (κ1) is 8.28. The molecule has 0 aromatic heterocycles. The average molecular weight is 169 g/mol.